The van der Waals surface area contributed by atoms with Crippen molar-refractivity contribution >= 4 is 5.82 Å². The average molecular weight is 273 g/mol. The summed E-state index contributed by atoms with van der Waals surface area (Å²) in [5.41, 5.74) is 7.65. The molecular formula is C15H19N3O2. The molecule has 1 heterocycles. The second-order valence-corrected chi connectivity index (χ2v) is 4.48. The summed E-state index contributed by atoms with van der Waals surface area (Å²) in [6.07, 6.45) is 3.65. The topological polar surface area (TPSA) is 81.3 Å². The maximum atomic E-state index is 9.09. The minimum atomic E-state index is 0.0775. The smallest absolute Gasteiger partial charge is 0.227 e. The van der Waals surface area contributed by atoms with Crippen molar-refractivity contribution in [2.45, 2.75) is 26.2 Å². The Morgan fingerprint density at radius 2 is 2.00 bits per heavy atom. The molecule has 2 rings (SSSR count). The van der Waals surface area contributed by atoms with E-state index in [9.17, 15) is 0 Å². The zero-order valence-corrected chi connectivity index (χ0v) is 11.5. The molecule has 0 aliphatic carbocycles. The number of aliphatic hydroxyl groups is 1. The number of nitrogens with two attached hydrogens (primary N) is 1. The molecule has 0 unspecified atom stereocenters. The summed E-state index contributed by atoms with van der Waals surface area (Å²) in [5, 5.41) is 9.09. The van der Waals surface area contributed by atoms with Gasteiger partial charge in [0.05, 0.1) is 5.56 Å². The van der Waals surface area contributed by atoms with Crippen LogP contribution in [0.4, 0.5) is 5.82 Å². The van der Waals surface area contributed by atoms with E-state index in [-0.39, 0.29) is 6.61 Å². The highest BCUT2D eigenvalue weighted by Gasteiger charge is 2.12. The summed E-state index contributed by atoms with van der Waals surface area (Å²) in [6, 6.07) is 7.59. The van der Waals surface area contributed by atoms with Crippen LogP contribution in [0.2, 0.25) is 0 Å². The van der Waals surface area contributed by atoms with Gasteiger partial charge in [-0.2, -0.15) is 0 Å². The van der Waals surface area contributed by atoms with E-state index in [1.807, 2.05) is 24.3 Å². The van der Waals surface area contributed by atoms with Crippen molar-refractivity contribution in [2.24, 2.45) is 0 Å². The van der Waals surface area contributed by atoms with E-state index in [1.54, 1.807) is 0 Å². The fourth-order valence-corrected chi connectivity index (χ4v) is 2.02. The number of nitrogen functional groups attached to an aromatic ring is 1. The number of anilines is 1. The van der Waals surface area contributed by atoms with Crippen molar-refractivity contribution in [1.29, 1.82) is 0 Å². The third-order valence-electron chi connectivity index (χ3n) is 3.00. The van der Waals surface area contributed by atoms with Crippen LogP contribution in [-0.2, 0) is 12.8 Å². The number of nitrogens with zero attached hydrogens (tertiary/aromatic N) is 2. The molecule has 5 nitrogen and oxygen atoms in total. The molecule has 106 valence electrons. The van der Waals surface area contributed by atoms with Gasteiger partial charge in [0.1, 0.15) is 17.9 Å². The number of aromatic nitrogens is 2. The minimum absolute atomic E-state index is 0.0775. The van der Waals surface area contributed by atoms with E-state index in [4.69, 9.17) is 15.6 Å². The highest BCUT2D eigenvalue weighted by atomic mass is 16.5. The number of para-hydroxylation sites is 1. The minimum Gasteiger partial charge on any atom is -0.438 e. The molecule has 0 fully saturated rings. The Labute approximate surface area is 118 Å². The van der Waals surface area contributed by atoms with Gasteiger partial charge in [-0.05, 0) is 24.5 Å². The van der Waals surface area contributed by atoms with E-state index in [2.05, 4.69) is 16.9 Å². The quantitative estimate of drug-likeness (QED) is 0.844. The first-order chi connectivity index (χ1) is 9.76. The van der Waals surface area contributed by atoms with Crippen molar-refractivity contribution in [3.05, 3.63) is 41.7 Å². The van der Waals surface area contributed by atoms with Gasteiger partial charge < -0.3 is 15.6 Å². The van der Waals surface area contributed by atoms with Gasteiger partial charge in [-0.25, -0.2) is 9.97 Å². The third-order valence-corrected chi connectivity index (χ3v) is 3.00. The standard InChI is InChI=1S/C15H19N3O2/c1-2-5-12-14(16)17-10-18-15(12)20-13-7-4-3-6-11(13)8-9-19/h3-4,6-7,10,19H,2,5,8-9H2,1H3,(H2,16,17,18). The van der Waals surface area contributed by atoms with Crippen LogP contribution in [0.25, 0.3) is 0 Å². The largest absolute Gasteiger partial charge is 0.438 e. The Morgan fingerprint density at radius 1 is 1.20 bits per heavy atom. The van der Waals surface area contributed by atoms with Gasteiger partial charge in [0.25, 0.3) is 0 Å². The lowest BCUT2D eigenvalue weighted by molar-refractivity contribution is 0.297. The van der Waals surface area contributed by atoms with Crippen LogP contribution in [0.3, 0.4) is 0 Å². The molecule has 0 saturated heterocycles. The van der Waals surface area contributed by atoms with Gasteiger partial charge >= 0.3 is 0 Å². The van der Waals surface area contributed by atoms with Gasteiger partial charge in [-0.3, -0.25) is 0 Å². The van der Waals surface area contributed by atoms with Crippen molar-refractivity contribution < 1.29 is 9.84 Å². The van der Waals surface area contributed by atoms with E-state index in [0.717, 1.165) is 24.0 Å². The van der Waals surface area contributed by atoms with Crippen LogP contribution in [0.15, 0.2) is 30.6 Å². The van der Waals surface area contributed by atoms with Gasteiger partial charge in [0, 0.05) is 6.61 Å². The van der Waals surface area contributed by atoms with Crippen LogP contribution in [0.5, 0.6) is 11.6 Å². The molecule has 20 heavy (non-hydrogen) atoms. The predicted octanol–water partition coefficient (Wildman–Crippen LogP) is 2.34. The van der Waals surface area contributed by atoms with Crippen LogP contribution >= 0.6 is 0 Å². The van der Waals surface area contributed by atoms with Crippen molar-refractivity contribution in [1.82, 2.24) is 9.97 Å². The molecule has 0 saturated carbocycles. The molecule has 0 spiro atoms. The van der Waals surface area contributed by atoms with Gasteiger partial charge in [-0.15, -0.1) is 0 Å². The van der Waals surface area contributed by atoms with E-state index in [1.165, 1.54) is 6.33 Å². The first kappa shape index (κ1) is 14.3. The fraction of sp³-hybridized carbons (Fsp3) is 0.333. The lowest BCUT2D eigenvalue weighted by Crippen LogP contribution is -2.04. The lowest BCUT2D eigenvalue weighted by atomic mass is 10.1. The molecule has 0 atom stereocenters. The zero-order valence-electron chi connectivity index (χ0n) is 11.5. The van der Waals surface area contributed by atoms with E-state index < -0.39 is 0 Å². The maximum Gasteiger partial charge on any atom is 0.227 e. The van der Waals surface area contributed by atoms with Crippen molar-refractivity contribution in [3.63, 3.8) is 0 Å². The summed E-state index contributed by atoms with van der Waals surface area (Å²) < 4.78 is 5.88. The molecule has 0 radical (unpaired) electrons. The zero-order chi connectivity index (χ0) is 14.4. The average Bonchev–Trinajstić information content (AvgIpc) is 2.45. The molecule has 0 amide bonds. The molecule has 3 N–H and O–H groups in total. The number of hydrogen-bond acceptors (Lipinski definition) is 5. The Bertz CT molecular complexity index is 573. The second kappa shape index (κ2) is 6.86. The molecule has 0 aliphatic heterocycles. The van der Waals surface area contributed by atoms with Crippen LogP contribution in [0.1, 0.15) is 24.5 Å². The maximum absolute atomic E-state index is 9.09. The summed E-state index contributed by atoms with van der Waals surface area (Å²) in [7, 11) is 0. The number of rotatable bonds is 6. The predicted molar refractivity (Wildman–Crippen MR) is 77.7 cm³/mol. The monoisotopic (exact) mass is 273 g/mol. The summed E-state index contributed by atoms with van der Waals surface area (Å²) in [4.78, 5) is 8.18. The highest BCUT2D eigenvalue weighted by Crippen LogP contribution is 2.29. The summed E-state index contributed by atoms with van der Waals surface area (Å²) in [6.45, 7) is 2.14. The van der Waals surface area contributed by atoms with Gasteiger partial charge in [0.2, 0.25) is 5.88 Å². The van der Waals surface area contributed by atoms with E-state index >= 15 is 0 Å². The molecule has 1 aromatic carbocycles. The first-order valence-electron chi connectivity index (χ1n) is 6.72. The normalized spacial score (nSPS) is 10.5. The van der Waals surface area contributed by atoms with Crippen LogP contribution < -0.4 is 10.5 Å². The van der Waals surface area contributed by atoms with E-state index in [0.29, 0.717) is 23.9 Å². The molecule has 0 aliphatic rings. The van der Waals surface area contributed by atoms with Crippen molar-refractivity contribution in [2.75, 3.05) is 12.3 Å². The second-order valence-electron chi connectivity index (χ2n) is 4.48. The number of benzene rings is 1. The summed E-state index contributed by atoms with van der Waals surface area (Å²) in [5.74, 6) is 1.64. The molecule has 1 aromatic heterocycles. The van der Waals surface area contributed by atoms with Crippen molar-refractivity contribution in [3.8, 4) is 11.6 Å². The van der Waals surface area contributed by atoms with Gasteiger partial charge in [-0.1, -0.05) is 31.5 Å². The van der Waals surface area contributed by atoms with Gasteiger partial charge in [0.15, 0.2) is 0 Å². The number of ether oxygens (including phenoxy) is 1. The Balaban J connectivity index is 2.32. The SMILES string of the molecule is CCCc1c(N)ncnc1Oc1ccccc1CCO. The number of aliphatic hydroxyl groups excluding tert-OH is 1. The Hall–Kier alpha value is -2.14. The lowest BCUT2D eigenvalue weighted by Gasteiger charge is -2.13. The third kappa shape index (κ3) is 3.24. The first-order valence-corrected chi connectivity index (χ1v) is 6.72. The summed E-state index contributed by atoms with van der Waals surface area (Å²) >= 11 is 0. The Kier molecular flexibility index (Phi) is 4.90. The van der Waals surface area contributed by atoms with Crippen LogP contribution in [-0.4, -0.2) is 21.7 Å². The molecular weight excluding hydrogens is 254 g/mol. The molecule has 2 aromatic rings. The Morgan fingerprint density at radius 3 is 2.75 bits per heavy atom. The van der Waals surface area contributed by atoms with Crippen LogP contribution in [0, 0.1) is 0 Å². The highest BCUT2D eigenvalue weighted by molar-refractivity contribution is 5.47. The molecule has 5 heteroatoms. The number of hydrogen-bond donors (Lipinski definition) is 2. The fourth-order valence-electron chi connectivity index (χ4n) is 2.02. The molecule has 0 bridgehead atoms.